The van der Waals surface area contributed by atoms with Crippen LogP contribution in [0.25, 0.3) is 10.8 Å². The van der Waals surface area contributed by atoms with Crippen LogP contribution in [-0.4, -0.2) is 85.5 Å². The highest BCUT2D eigenvalue weighted by molar-refractivity contribution is 6.00. The predicted molar refractivity (Wildman–Crippen MR) is 365 cm³/mol. The number of phenols is 3. The number of carbonyl (C=O) groups is 3. The summed E-state index contributed by atoms with van der Waals surface area (Å²) in [6.45, 7) is 5.90. The third-order valence-corrected chi connectivity index (χ3v) is 22.2. The van der Waals surface area contributed by atoms with Gasteiger partial charge in [-0.3, -0.25) is 14.4 Å². The number of allylic oxidation sites excluding steroid dienone is 6. The van der Waals surface area contributed by atoms with Crippen LogP contribution in [0.3, 0.4) is 0 Å². The van der Waals surface area contributed by atoms with Gasteiger partial charge in [0.1, 0.15) is 40.7 Å². The number of methoxy groups -OCH3 is 1. The molecule has 15 heteroatoms. The number of benzene rings is 5. The Morgan fingerprint density at radius 3 is 2.46 bits per heavy atom. The molecule has 7 aliphatic rings. The van der Waals surface area contributed by atoms with E-state index in [2.05, 4.69) is 112 Å². The van der Waals surface area contributed by atoms with E-state index in [9.17, 15) is 35.1 Å². The lowest BCUT2D eigenvalue weighted by Crippen LogP contribution is -2.36. The fraction of sp³-hybridized carbons (Fsp3) is 0.388. The highest BCUT2D eigenvalue weighted by Gasteiger charge is 2.48. The molecule has 2 aliphatic heterocycles. The van der Waals surface area contributed by atoms with Crippen LogP contribution in [0.2, 0.25) is 0 Å². The molecule has 7 N–H and O–H groups in total. The smallest absolute Gasteiger partial charge is 0.302 e. The van der Waals surface area contributed by atoms with Gasteiger partial charge in [-0.1, -0.05) is 104 Å². The van der Waals surface area contributed by atoms with Crippen LogP contribution in [0.15, 0.2) is 157 Å². The number of phenolic OH excluding ortho intramolecular Hbond substituents is 3. The number of ketones is 2. The fourth-order valence-corrected chi connectivity index (χ4v) is 17.5. The molecule has 14 rings (SSSR count). The van der Waals surface area contributed by atoms with E-state index in [-0.39, 0.29) is 102 Å². The fourth-order valence-electron chi connectivity index (χ4n) is 17.5. The number of aromatic nitrogens is 2. The number of fused-ring (bicyclic) bond motifs is 4. The van der Waals surface area contributed by atoms with E-state index in [1.807, 2.05) is 36.4 Å². The molecule has 95 heavy (non-hydrogen) atoms. The molecule has 4 heterocycles. The van der Waals surface area contributed by atoms with Crippen molar-refractivity contribution in [1.29, 1.82) is 0 Å². The number of anilines is 1. The normalized spacial score (nSPS) is 25.3. The predicted octanol–water partition coefficient (Wildman–Crippen LogP) is 14.2. The number of rotatable bonds is 11. The minimum atomic E-state index is -0.825. The van der Waals surface area contributed by atoms with Crippen molar-refractivity contribution in [2.45, 2.75) is 147 Å². The van der Waals surface area contributed by atoms with Gasteiger partial charge in [0, 0.05) is 116 Å². The number of carbonyl (C=O) groups excluding carboxylic acids is 3. The van der Waals surface area contributed by atoms with E-state index < -0.39 is 41.0 Å². The molecule has 2 aromatic heterocycles. The second-order valence-electron chi connectivity index (χ2n) is 27.8. The Morgan fingerprint density at radius 1 is 0.832 bits per heavy atom. The Hall–Kier alpha value is -9.23. The summed E-state index contributed by atoms with van der Waals surface area (Å²) in [7, 11) is 1.49. The Bertz CT molecular complexity index is 4370. The van der Waals surface area contributed by atoms with Gasteiger partial charge in [0.05, 0.1) is 30.9 Å². The number of aliphatic hydroxyl groups excluding tert-OH is 2. The molecule has 5 aromatic carbocycles. The zero-order valence-corrected chi connectivity index (χ0v) is 54.5. The number of esters is 1. The maximum atomic E-state index is 15.7. The van der Waals surface area contributed by atoms with Crippen molar-refractivity contribution < 1.29 is 54.1 Å². The lowest BCUT2D eigenvalue weighted by molar-refractivity contribution is -0.148. The van der Waals surface area contributed by atoms with Gasteiger partial charge in [-0.15, -0.1) is 0 Å². The van der Waals surface area contributed by atoms with Gasteiger partial charge in [0.15, 0.2) is 11.5 Å². The summed E-state index contributed by atoms with van der Waals surface area (Å²) < 4.78 is 21.2. The number of nitrogens with one attached hydrogen (secondary N) is 2. The lowest BCUT2D eigenvalue weighted by Gasteiger charge is -2.43. The number of hydrogen-bond acceptors (Lipinski definition) is 13. The monoisotopic (exact) mass is 1280 g/mol. The highest BCUT2D eigenvalue weighted by Crippen LogP contribution is 2.58. The van der Waals surface area contributed by atoms with Crippen LogP contribution in [0.1, 0.15) is 172 Å². The van der Waals surface area contributed by atoms with Crippen molar-refractivity contribution >= 4 is 34.0 Å². The van der Waals surface area contributed by atoms with Gasteiger partial charge < -0.3 is 59.5 Å². The molecule has 490 valence electrons. The van der Waals surface area contributed by atoms with E-state index in [0.717, 1.165) is 111 Å². The minimum absolute atomic E-state index is 0.00322. The van der Waals surface area contributed by atoms with Crippen LogP contribution in [-0.2, 0) is 38.4 Å². The second-order valence-corrected chi connectivity index (χ2v) is 27.8. The standard InChI is InChI=1S/C80H84N4O11/c1-47-12-9-15-57-16-11-19-64-66-44-81-43-56(66)41-80(47,57)29-24-61(94-49(3)87)38-60(90)40-69(54-35-71(91)77(72(36-54)93-4)95-62-34-55(33-59(89)39-62)75-53(46-85)21-20-50-13-5-6-18-63(50)75)84-45-67-68(23-22-65-76(67)70(84)42-79(78(65)92)27-7-8-28-79)83(31-26-48(2)86)73-37-52(25-30-82-73)74(64)51-14-10-17-58(88)32-51/h5-6,9-10,12-15,17-18,22-23,25,32-37,39,43-45,47,53,61,64,69,74-75,78,81-82,85,88-89,91-92H,7-8,16,20-21,24,26-31,38,40-42,46H2,1-4H3/t47-,53-,61+,64-,69+,74+,75-,78-,80+/m0/s1. The van der Waals surface area contributed by atoms with Crippen LogP contribution in [0.5, 0.6) is 34.5 Å². The molecule has 7 aromatic rings. The first-order valence-electron chi connectivity index (χ1n) is 33.9. The molecule has 0 unspecified atom stereocenters. The molecule has 9 atom stereocenters. The Kier molecular flexibility index (Phi) is 17.2. The van der Waals surface area contributed by atoms with Crippen molar-refractivity contribution in [1.82, 2.24) is 14.9 Å². The molecule has 5 aliphatic carbocycles. The largest absolute Gasteiger partial charge is 0.508 e. The Labute approximate surface area is 554 Å². The number of aryl methyl sites for hydroxylation is 1. The molecule has 0 saturated heterocycles. The van der Waals surface area contributed by atoms with Gasteiger partial charge in [0.2, 0.25) is 5.75 Å². The van der Waals surface area contributed by atoms with Crippen LogP contribution in [0.4, 0.5) is 5.69 Å². The van der Waals surface area contributed by atoms with E-state index in [1.165, 1.54) is 25.7 Å². The Balaban J connectivity index is 0.960. The summed E-state index contributed by atoms with van der Waals surface area (Å²) in [6.07, 6.45) is 23.1. The summed E-state index contributed by atoms with van der Waals surface area (Å²) in [6, 6.07) is 27.3. The number of aromatic amines is 1. The van der Waals surface area contributed by atoms with Crippen molar-refractivity contribution in [3.63, 3.8) is 0 Å². The van der Waals surface area contributed by atoms with Gasteiger partial charge in [-0.05, 0) is 169 Å². The number of aromatic hydroxyl groups is 3. The van der Waals surface area contributed by atoms with E-state index in [0.29, 0.717) is 44.2 Å². The van der Waals surface area contributed by atoms with E-state index >= 15 is 4.79 Å². The Morgan fingerprint density at radius 2 is 1.66 bits per heavy atom. The zero-order valence-electron chi connectivity index (χ0n) is 54.5. The first-order valence-corrected chi connectivity index (χ1v) is 33.9. The SMILES string of the molecule is COc1cc([C@H]2CC(=O)C[C@H](OC(C)=O)CC[C@]34Cc5c[nH]cc5[C@H](C#CCC3=CC=C[C@@H]4C)[C@H](c3cccc(O)c3)C3=CCNC(=C3)N(CCC(C)=O)c3ccc4c5c(n2cc35)CC2(CCCC2)[C@H]4O)cc(O)c1Oc1cc(O)cc([C@H]2c3ccccc3CC[C@H]2CO)c1. The lowest BCUT2D eigenvalue weighted by atomic mass is 9.61. The molecule has 6 bridgehead atoms. The molecule has 1 saturated carbocycles. The first-order chi connectivity index (χ1) is 46.0. The minimum Gasteiger partial charge on any atom is -0.508 e. The molecule has 1 fully saturated rings. The summed E-state index contributed by atoms with van der Waals surface area (Å²) in [5.41, 5.74) is 10.1. The van der Waals surface area contributed by atoms with E-state index in [4.69, 9.17) is 14.2 Å². The number of H-pyrrole nitrogens is 1. The molecule has 15 nitrogen and oxygen atoms in total. The zero-order chi connectivity index (χ0) is 65.9. The number of aliphatic hydroxyl groups is 2. The highest BCUT2D eigenvalue weighted by atomic mass is 16.5. The summed E-state index contributed by atoms with van der Waals surface area (Å²) in [4.78, 5) is 48.2. The van der Waals surface area contributed by atoms with Gasteiger partial charge in [-0.25, -0.2) is 0 Å². The van der Waals surface area contributed by atoms with Crippen LogP contribution in [0, 0.1) is 34.5 Å². The number of Topliss-reactive ketones (excluding diaryl/α,β-unsaturated/α-hetero) is 2. The van der Waals surface area contributed by atoms with E-state index in [1.54, 1.807) is 31.2 Å². The molecule has 0 amide bonds. The molecule has 2 spiro atoms. The number of nitrogens with zero attached hydrogens (tertiary/aromatic N) is 2. The van der Waals surface area contributed by atoms with Gasteiger partial charge in [0.25, 0.3) is 0 Å². The van der Waals surface area contributed by atoms with Crippen molar-refractivity contribution in [3.8, 4) is 46.3 Å². The average molecular weight is 1280 g/mol. The van der Waals surface area contributed by atoms with Crippen molar-refractivity contribution in [2.75, 3.05) is 31.7 Å². The summed E-state index contributed by atoms with van der Waals surface area (Å²) in [5, 5.41) is 64.2. The quantitative estimate of drug-likeness (QED) is 0.0475. The first kappa shape index (κ1) is 63.2. The van der Waals surface area contributed by atoms with Crippen LogP contribution >= 0.6 is 0 Å². The number of dihydropyridines is 1. The van der Waals surface area contributed by atoms with Crippen molar-refractivity contribution in [2.24, 2.45) is 22.7 Å². The number of hydrogen-bond donors (Lipinski definition) is 7. The summed E-state index contributed by atoms with van der Waals surface area (Å²) >= 11 is 0. The van der Waals surface area contributed by atoms with Gasteiger partial charge >= 0.3 is 5.97 Å². The average Bonchev–Trinajstić information content (AvgIpc) is 1.58. The second kappa shape index (κ2) is 25.8. The van der Waals surface area contributed by atoms with Crippen molar-refractivity contribution in [3.05, 3.63) is 207 Å². The maximum Gasteiger partial charge on any atom is 0.302 e. The molecule has 0 radical (unpaired) electrons. The van der Waals surface area contributed by atoms with Gasteiger partial charge in [-0.2, -0.15) is 0 Å². The number of ether oxygens (including phenoxy) is 3. The maximum absolute atomic E-state index is 15.7. The van der Waals surface area contributed by atoms with Crippen LogP contribution < -0.4 is 19.7 Å². The molecular weight excluding hydrogens is 1190 g/mol. The topological polar surface area (TPSA) is 216 Å². The third-order valence-electron chi connectivity index (χ3n) is 22.2. The third kappa shape index (κ3) is 11.8. The molecular formula is C80H84N4O11. The summed E-state index contributed by atoms with van der Waals surface area (Å²) in [5.74, 6) is 6.67.